The van der Waals surface area contributed by atoms with Crippen molar-refractivity contribution in [2.75, 3.05) is 7.11 Å². The van der Waals surface area contributed by atoms with Gasteiger partial charge in [-0.2, -0.15) is 18.4 Å². The molecule has 3 rings (SSSR count). The van der Waals surface area contributed by atoms with Crippen LogP contribution in [0.3, 0.4) is 0 Å². The fourth-order valence-electron chi connectivity index (χ4n) is 3.87. The Labute approximate surface area is 214 Å². The number of carbonyl (C=O) groups is 1. The van der Waals surface area contributed by atoms with Gasteiger partial charge in [0.1, 0.15) is 5.75 Å². The average Bonchev–Trinajstić information content (AvgIpc) is 2.87. The summed E-state index contributed by atoms with van der Waals surface area (Å²) < 4.78 is 50.0. The molecule has 0 spiro atoms. The molecule has 0 radical (unpaired) electrons. The highest BCUT2D eigenvalue weighted by atomic mass is 19.4. The molecule has 9 heteroatoms. The number of methoxy groups -OCH3 is 1. The number of alkyl halides is 3. The first-order valence-electron chi connectivity index (χ1n) is 11.6. The van der Waals surface area contributed by atoms with E-state index in [1.807, 2.05) is 37.3 Å². The van der Waals surface area contributed by atoms with Crippen LogP contribution in [0, 0.1) is 11.3 Å². The molecule has 1 heterocycles. The quantitative estimate of drug-likeness (QED) is 0.400. The van der Waals surface area contributed by atoms with Gasteiger partial charge in [-0.1, -0.05) is 24.3 Å². The van der Waals surface area contributed by atoms with E-state index in [2.05, 4.69) is 16.4 Å². The summed E-state index contributed by atoms with van der Waals surface area (Å²) in [6.07, 6.45) is -3.02. The largest absolute Gasteiger partial charge is 0.497 e. The van der Waals surface area contributed by atoms with Gasteiger partial charge in [0.05, 0.1) is 24.3 Å². The number of nitriles is 1. The zero-order valence-corrected chi connectivity index (χ0v) is 21.0. The van der Waals surface area contributed by atoms with Gasteiger partial charge in [0.15, 0.2) is 5.60 Å². The molecule has 194 valence electrons. The van der Waals surface area contributed by atoms with Crippen molar-refractivity contribution in [3.05, 3.63) is 89.1 Å². The second-order valence-electron chi connectivity index (χ2n) is 9.15. The van der Waals surface area contributed by atoms with Crippen molar-refractivity contribution in [2.24, 2.45) is 0 Å². The molecule has 0 bridgehead atoms. The number of hydrogen-bond acceptors (Lipinski definition) is 5. The molecular formula is C28H28F3N3O3. The highest BCUT2D eigenvalue weighted by molar-refractivity contribution is 5.85. The molecule has 0 aliphatic carbocycles. The molecule has 3 aromatic rings. The molecule has 6 nitrogen and oxygen atoms in total. The molecule has 0 fully saturated rings. The SMILES string of the molecule is COc1ccc(CC(c2cccc(C#N)c2)[C@H](C)NC(=O)C(C)(C)Oc2cc(C(F)(F)F)ccn2)cc1. The van der Waals surface area contributed by atoms with Crippen molar-refractivity contribution < 1.29 is 27.4 Å². The summed E-state index contributed by atoms with van der Waals surface area (Å²) in [6.45, 7) is 4.77. The zero-order valence-electron chi connectivity index (χ0n) is 21.0. The van der Waals surface area contributed by atoms with Gasteiger partial charge >= 0.3 is 6.18 Å². The minimum Gasteiger partial charge on any atom is -0.497 e. The van der Waals surface area contributed by atoms with Gasteiger partial charge in [0, 0.05) is 24.2 Å². The molecule has 1 aromatic heterocycles. The maximum Gasteiger partial charge on any atom is 0.416 e. The van der Waals surface area contributed by atoms with E-state index in [4.69, 9.17) is 9.47 Å². The van der Waals surface area contributed by atoms with Crippen LogP contribution in [0.25, 0.3) is 0 Å². The Morgan fingerprint density at radius 3 is 2.43 bits per heavy atom. The summed E-state index contributed by atoms with van der Waals surface area (Å²) in [5.74, 6) is -0.321. The summed E-state index contributed by atoms with van der Waals surface area (Å²) >= 11 is 0. The van der Waals surface area contributed by atoms with E-state index in [-0.39, 0.29) is 11.8 Å². The molecule has 2 atom stereocenters. The Morgan fingerprint density at radius 1 is 1.11 bits per heavy atom. The van der Waals surface area contributed by atoms with Crippen LogP contribution in [-0.4, -0.2) is 29.6 Å². The maximum atomic E-state index is 13.2. The lowest BCUT2D eigenvalue weighted by molar-refractivity contribution is -0.138. The van der Waals surface area contributed by atoms with Crippen molar-refractivity contribution in [1.82, 2.24) is 10.3 Å². The fourth-order valence-corrected chi connectivity index (χ4v) is 3.87. The van der Waals surface area contributed by atoms with Crippen LogP contribution in [0.5, 0.6) is 11.6 Å². The number of amides is 1. The van der Waals surface area contributed by atoms with Crippen LogP contribution in [0.2, 0.25) is 0 Å². The summed E-state index contributed by atoms with van der Waals surface area (Å²) in [6, 6.07) is 18.0. The zero-order chi connectivity index (χ0) is 27.2. The first-order chi connectivity index (χ1) is 17.4. The summed E-state index contributed by atoms with van der Waals surface area (Å²) in [5.41, 5.74) is -0.0714. The number of rotatable bonds is 9. The molecule has 0 aliphatic heterocycles. The third kappa shape index (κ3) is 7.23. The Balaban J connectivity index is 1.82. The Bertz CT molecular complexity index is 1270. The Morgan fingerprint density at radius 2 is 1.81 bits per heavy atom. The highest BCUT2D eigenvalue weighted by Gasteiger charge is 2.35. The molecule has 1 amide bonds. The monoisotopic (exact) mass is 511 g/mol. The summed E-state index contributed by atoms with van der Waals surface area (Å²) in [7, 11) is 1.58. The third-order valence-electron chi connectivity index (χ3n) is 5.99. The van der Waals surface area contributed by atoms with Gasteiger partial charge in [-0.25, -0.2) is 4.98 Å². The van der Waals surface area contributed by atoms with Crippen molar-refractivity contribution in [3.63, 3.8) is 0 Å². The lowest BCUT2D eigenvalue weighted by atomic mass is 9.85. The normalized spacial score (nSPS) is 13.2. The van der Waals surface area contributed by atoms with Crippen LogP contribution in [0.15, 0.2) is 66.9 Å². The van der Waals surface area contributed by atoms with Crippen LogP contribution >= 0.6 is 0 Å². The summed E-state index contributed by atoms with van der Waals surface area (Å²) in [5, 5.41) is 12.3. The highest BCUT2D eigenvalue weighted by Crippen LogP contribution is 2.31. The topological polar surface area (TPSA) is 84.2 Å². The molecular weight excluding hydrogens is 483 g/mol. The molecule has 37 heavy (non-hydrogen) atoms. The van der Waals surface area contributed by atoms with E-state index in [0.717, 1.165) is 35.2 Å². The number of ether oxygens (including phenoxy) is 2. The molecule has 0 saturated carbocycles. The van der Waals surface area contributed by atoms with E-state index >= 15 is 0 Å². The number of nitrogens with one attached hydrogen (secondary N) is 1. The lowest BCUT2D eigenvalue weighted by Gasteiger charge is -2.31. The minimum absolute atomic E-state index is 0.215. The lowest BCUT2D eigenvalue weighted by Crippen LogP contribution is -2.51. The predicted octanol–water partition coefficient (Wildman–Crippen LogP) is 5.67. The number of pyridine rings is 1. The minimum atomic E-state index is -4.56. The molecule has 0 saturated heterocycles. The van der Waals surface area contributed by atoms with E-state index in [1.165, 1.54) is 13.8 Å². The number of halogens is 3. The Hall–Kier alpha value is -4.06. The first-order valence-corrected chi connectivity index (χ1v) is 11.6. The van der Waals surface area contributed by atoms with Gasteiger partial charge in [0.25, 0.3) is 5.91 Å². The fraction of sp³-hybridized carbons (Fsp3) is 0.321. The Kier molecular flexibility index (Phi) is 8.43. The standard InChI is InChI=1S/C28H28F3N3O3/c1-18(34-26(35)27(2,3)37-25-16-22(12-13-33-25)28(29,30)31)24(21-7-5-6-20(14-21)17-32)15-19-8-10-23(36-4)11-9-19/h5-14,16,18,24H,15H2,1-4H3,(H,34,35)/t18-,24?/m0/s1. The van der Waals surface area contributed by atoms with Crippen molar-refractivity contribution in [2.45, 2.75) is 50.9 Å². The first kappa shape index (κ1) is 27.5. The number of hydrogen-bond donors (Lipinski definition) is 1. The van der Waals surface area contributed by atoms with E-state index < -0.39 is 29.3 Å². The van der Waals surface area contributed by atoms with Crippen LogP contribution in [0.4, 0.5) is 13.2 Å². The number of aromatic nitrogens is 1. The second kappa shape index (κ2) is 11.3. The molecule has 1 unspecified atom stereocenters. The van der Waals surface area contributed by atoms with Crippen molar-refractivity contribution in [1.29, 1.82) is 5.26 Å². The number of carbonyl (C=O) groups excluding carboxylic acids is 1. The molecule has 0 aliphatic rings. The van der Waals surface area contributed by atoms with E-state index in [1.54, 1.807) is 25.3 Å². The van der Waals surface area contributed by atoms with Gasteiger partial charge in [-0.3, -0.25) is 4.79 Å². The van der Waals surface area contributed by atoms with E-state index in [9.17, 15) is 23.2 Å². The van der Waals surface area contributed by atoms with Crippen LogP contribution in [0.1, 0.15) is 48.9 Å². The van der Waals surface area contributed by atoms with Gasteiger partial charge in [-0.15, -0.1) is 0 Å². The smallest absolute Gasteiger partial charge is 0.416 e. The molecule has 2 aromatic carbocycles. The van der Waals surface area contributed by atoms with E-state index in [0.29, 0.717) is 12.0 Å². The van der Waals surface area contributed by atoms with Gasteiger partial charge in [-0.05, 0) is 68.7 Å². The van der Waals surface area contributed by atoms with Crippen LogP contribution < -0.4 is 14.8 Å². The van der Waals surface area contributed by atoms with Crippen molar-refractivity contribution >= 4 is 5.91 Å². The summed E-state index contributed by atoms with van der Waals surface area (Å²) in [4.78, 5) is 17.0. The van der Waals surface area contributed by atoms with Crippen LogP contribution in [-0.2, 0) is 17.4 Å². The van der Waals surface area contributed by atoms with Gasteiger partial charge in [0.2, 0.25) is 5.88 Å². The maximum absolute atomic E-state index is 13.2. The van der Waals surface area contributed by atoms with Gasteiger partial charge < -0.3 is 14.8 Å². The third-order valence-corrected chi connectivity index (χ3v) is 5.99. The number of nitrogens with zero attached hydrogens (tertiary/aromatic N) is 2. The average molecular weight is 512 g/mol. The second-order valence-corrected chi connectivity index (χ2v) is 9.15. The number of benzene rings is 2. The predicted molar refractivity (Wildman–Crippen MR) is 132 cm³/mol. The van der Waals surface area contributed by atoms with Crippen molar-refractivity contribution in [3.8, 4) is 17.7 Å². The molecule has 1 N–H and O–H groups in total.